The van der Waals surface area contributed by atoms with Crippen molar-refractivity contribution in [1.29, 1.82) is 0 Å². The Bertz CT molecular complexity index is 910. The van der Waals surface area contributed by atoms with Gasteiger partial charge in [0.25, 0.3) is 10.0 Å². The molecule has 0 amide bonds. The van der Waals surface area contributed by atoms with E-state index in [9.17, 15) is 8.42 Å². The third-order valence-corrected chi connectivity index (χ3v) is 7.43. The van der Waals surface area contributed by atoms with Gasteiger partial charge in [0.1, 0.15) is 5.84 Å². The Hall–Kier alpha value is -2.14. The van der Waals surface area contributed by atoms with Crippen LogP contribution in [0, 0.1) is 17.8 Å². The molecule has 2 aromatic carbocycles. The molecule has 2 aromatic rings. The van der Waals surface area contributed by atoms with E-state index < -0.39 is 10.0 Å². The Morgan fingerprint density at radius 1 is 1.00 bits per heavy atom. The molecule has 5 heteroatoms. The molecule has 2 aliphatic rings. The highest BCUT2D eigenvalue weighted by Crippen LogP contribution is 2.50. The van der Waals surface area contributed by atoms with E-state index in [1.807, 2.05) is 36.4 Å². The van der Waals surface area contributed by atoms with Gasteiger partial charge in [0.05, 0.1) is 10.9 Å². The molecule has 0 radical (unpaired) electrons. The Balaban J connectivity index is 1.63. The first kappa shape index (κ1) is 18.2. The van der Waals surface area contributed by atoms with E-state index in [4.69, 9.17) is 4.99 Å². The third kappa shape index (κ3) is 3.93. The van der Waals surface area contributed by atoms with E-state index in [-0.39, 0.29) is 10.9 Å². The van der Waals surface area contributed by atoms with Gasteiger partial charge in [-0.15, -0.1) is 0 Å². The quantitative estimate of drug-likeness (QED) is 0.621. The van der Waals surface area contributed by atoms with E-state index in [2.05, 4.69) is 11.6 Å². The van der Waals surface area contributed by atoms with Crippen molar-refractivity contribution in [3.8, 4) is 0 Å². The minimum absolute atomic E-state index is 0.106. The normalized spacial score (nSPS) is 26.1. The lowest BCUT2D eigenvalue weighted by Gasteiger charge is -2.26. The highest BCUT2D eigenvalue weighted by molar-refractivity contribution is 7.90. The molecule has 27 heavy (non-hydrogen) atoms. The number of hydrogen-bond donors (Lipinski definition) is 1. The maximum absolute atomic E-state index is 12.9. The maximum Gasteiger partial charge on any atom is 0.263 e. The molecule has 2 fully saturated rings. The van der Waals surface area contributed by atoms with E-state index in [0.29, 0.717) is 11.8 Å². The number of fused-ring (bicyclic) bond motifs is 2. The van der Waals surface area contributed by atoms with Gasteiger partial charge in [0.2, 0.25) is 0 Å². The summed E-state index contributed by atoms with van der Waals surface area (Å²) in [6.45, 7) is 2.13. The van der Waals surface area contributed by atoms with Crippen molar-refractivity contribution in [2.45, 2.75) is 43.5 Å². The molecule has 4 atom stereocenters. The molecule has 0 aromatic heterocycles. The second-order valence-corrected chi connectivity index (χ2v) is 9.52. The number of aliphatic imine (C=N–C) groups is 1. The Morgan fingerprint density at radius 3 is 2.26 bits per heavy atom. The maximum atomic E-state index is 12.9. The van der Waals surface area contributed by atoms with Crippen LogP contribution in [0.15, 0.2) is 70.6 Å². The molecule has 1 N–H and O–H groups in total. The topological polar surface area (TPSA) is 58.5 Å². The van der Waals surface area contributed by atoms with Gasteiger partial charge in [-0.2, -0.15) is 0 Å². The number of nitrogens with one attached hydrogen (secondary N) is 1. The van der Waals surface area contributed by atoms with Crippen molar-refractivity contribution < 1.29 is 8.42 Å². The van der Waals surface area contributed by atoms with Gasteiger partial charge >= 0.3 is 0 Å². The molecule has 0 unspecified atom stereocenters. The Kier molecular flexibility index (Phi) is 5.04. The molecule has 4 rings (SSSR count). The second-order valence-electron chi connectivity index (χ2n) is 7.84. The summed E-state index contributed by atoms with van der Waals surface area (Å²) in [6, 6.07) is 18.1. The van der Waals surface area contributed by atoms with Crippen LogP contribution in [0.2, 0.25) is 0 Å². The zero-order chi connectivity index (χ0) is 18.9. The standard InChI is InChI=1S/C22H26N2O2S/c1-16(21-15-17-12-13-19(21)14-17)23-22(18-8-4-2-5-9-18)24-27(25,26)20-10-6-3-7-11-20/h2-11,16-17,19,21H,12-15H2,1H3,(H,23,24)/t16-,17-,19-,21-/m0/s1. The number of sulfonamides is 1. The van der Waals surface area contributed by atoms with Gasteiger partial charge in [-0.25, -0.2) is 8.42 Å². The van der Waals surface area contributed by atoms with Crippen LogP contribution >= 0.6 is 0 Å². The fraction of sp³-hybridized carbons (Fsp3) is 0.409. The van der Waals surface area contributed by atoms with Crippen LogP contribution in [0.3, 0.4) is 0 Å². The zero-order valence-corrected chi connectivity index (χ0v) is 16.4. The summed E-state index contributed by atoms with van der Waals surface area (Å²) >= 11 is 0. The lowest BCUT2D eigenvalue weighted by Crippen LogP contribution is -2.34. The number of hydrogen-bond acceptors (Lipinski definition) is 3. The van der Waals surface area contributed by atoms with E-state index in [1.165, 1.54) is 25.7 Å². The Morgan fingerprint density at radius 2 is 1.67 bits per heavy atom. The number of nitrogens with zero attached hydrogens (tertiary/aromatic N) is 1. The third-order valence-electron chi connectivity index (χ3n) is 6.08. The van der Waals surface area contributed by atoms with Crippen molar-refractivity contribution in [3.63, 3.8) is 0 Å². The summed E-state index contributed by atoms with van der Waals surface area (Å²) in [6.07, 6.45) is 5.19. The molecule has 0 aliphatic heterocycles. The first-order chi connectivity index (χ1) is 13.0. The van der Waals surface area contributed by atoms with Crippen LogP contribution < -0.4 is 4.72 Å². The van der Waals surface area contributed by atoms with Gasteiger partial charge in [0.15, 0.2) is 0 Å². The summed E-state index contributed by atoms with van der Waals surface area (Å²) in [7, 11) is -3.67. The minimum Gasteiger partial charge on any atom is -0.264 e. The van der Waals surface area contributed by atoms with Crippen LogP contribution in [0.4, 0.5) is 0 Å². The molecule has 142 valence electrons. The van der Waals surface area contributed by atoms with Crippen molar-refractivity contribution >= 4 is 15.9 Å². The molecule has 4 nitrogen and oxygen atoms in total. The molecule has 0 spiro atoms. The Labute approximate surface area is 161 Å². The van der Waals surface area contributed by atoms with Gasteiger partial charge in [-0.3, -0.25) is 9.71 Å². The van der Waals surface area contributed by atoms with Crippen LogP contribution in [-0.2, 0) is 10.0 Å². The highest BCUT2D eigenvalue weighted by Gasteiger charge is 2.42. The summed E-state index contributed by atoms with van der Waals surface area (Å²) in [5.74, 6) is 2.59. The van der Waals surface area contributed by atoms with Gasteiger partial charge in [-0.05, 0) is 56.1 Å². The van der Waals surface area contributed by atoms with E-state index in [0.717, 1.165) is 17.4 Å². The predicted molar refractivity (Wildman–Crippen MR) is 108 cm³/mol. The molecule has 2 saturated carbocycles. The fourth-order valence-corrected chi connectivity index (χ4v) is 5.78. The number of rotatable bonds is 5. The average Bonchev–Trinajstić information content (AvgIpc) is 3.32. The summed E-state index contributed by atoms with van der Waals surface area (Å²) < 4.78 is 28.5. The lowest BCUT2D eigenvalue weighted by molar-refractivity contribution is 0.294. The zero-order valence-electron chi connectivity index (χ0n) is 15.6. The van der Waals surface area contributed by atoms with Crippen LogP contribution in [-0.4, -0.2) is 20.3 Å². The summed E-state index contributed by atoms with van der Waals surface area (Å²) in [5.41, 5.74) is 0.798. The van der Waals surface area contributed by atoms with Crippen LogP contribution in [0.5, 0.6) is 0 Å². The smallest absolute Gasteiger partial charge is 0.263 e. The van der Waals surface area contributed by atoms with Gasteiger partial charge in [-0.1, -0.05) is 55.0 Å². The monoisotopic (exact) mass is 382 g/mol. The molecule has 2 bridgehead atoms. The van der Waals surface area contributed by atoms with Crippen molar-refractivity contribution in [2.75, 3.05) is 0 Å². The van der Waals surface area contributed by atoms with Crippen molar-refractivity contribution in [1.82, 2.24) is 4.72 Å². The number of amidine groups is 1. The van der Waals surface area contributed by atoms with Crippen molar-refractivity contribution in [2.24, 2.45) is 22.7 Å². The minimum atomic E-state index is -3.67. The summed E-state index contributed by atoms with van der Waals surface area (Å²) in [4.78, 5) is 5.14. The van der Waals surface area contributed by atoms with Crippen LogP contribution in [0.1, 0.15) is 38.2 Å². The summed E-state index contributed by atoms with van der Waals surface area (Å²) in [5, 5.41) is 0. The lowest BCUT2D eigenvalue weighted by atomic mass is 9.84. The van der Waals surface area contributed by atoms with Gasteiger partial charge < -0.3 is 0 Å². The fourth-order valence-electron chi connectivity index (χ4n) is 4.73. The highest BCUT2D eigenvalue weighted by atomic mass is 32.2. The molecular formula is C22H26N2O2S. The molecule has 2 aliphatic carbocycles. The van der Waals surface area contributed by atoms with Crippen LogP contribution in [0.25, 0.3) is 0 Å². The number of benzene rings is 2. The van der Waals surface area contributed by atoms with Crippen molar-refractivity contribution in [3.05, 3.63) is 66.2 Å². The molecule has 0 saturated heterocycles. The second kappa shape index (κ2) is 7.47. The predicted octanol–water partition coefficient (Wildman–Crippen LogP) is 4.24. The van der Waals surface area contributed by atoms with Gasteiger partial charge in [0, 0.05) is 5.56 Å². The first-order valence-electron chi connectivity index (χ1n) is 9.74. The SMILES string of the molecule is C[C@H](N=C(NS(=O)(=O)c1ccccc1)c1ccccc1)[C@@H]1C[C@H]2CC[C@H]1C2. The molecular weight excluding hydrogens is 356 g/mol. The first-order valence-corrected chi connectivity index (χ1v) is 11.2. The molecule has 0 heterocycles. The van der Waals surface area contributed by atoms with E-state index >= 15 is 0 Å². The van der Waals surface area contributed by atoms with E-state index in [1.54, 1.807) is 24.3 Å². The largest absolute Gasteiger partial charge is 0.264 e. The average molecular weight is 383 g/mol.